The number of aliphatic hydroxyl groups is 1. The summed E-state index contributed by atoms with van der Waals surface area (Å²) in [5.41, 5.74) is 1.91. The molecule has 96 valence electrons. The topological polar surface area (TPSA) is 42.4 Å². The second-order valence-electron chi connectivity index (χ2n) is 4.06. The summed E-state index contributed by atoms with van der Waals surface area (Å²) in [6.07, 6.45) is 0.898. The van der Waals surface area contributed by atoms with Crippen LogP contribution >= 0.6 is 11.3 Å². The molecule has 1 aromatic carbocycles. The van der Waals surface area contributed by atoms with Gasteiger partial charge in [0.2, 0.25) is 0 Å². The zero-order valence-corrected chi connectivity index (χ0v) is 11.4. The van der Waals surface area contributed by atoms with Gasteiger partial charge < -0.3 is 9.84 Å². The lowest BCUT2D eigenvalue weighted by molar-refractivity contribution is 0.262. The lowest BCUT2D eigenvalue weighted by Crippen LogP contribution is -2.01. The molecule has 2 rings (SSSR count). The van der Waals surface area contributed by atoms with Crippen LogP contribution in [0.15, 0.2) is 29.6 Å². The molecule has 0 aliphatic carbocycles. The molecular weight excluding hydrogens is 246 g/mol. The lowest BCUT2D eigenvalue weighted by atomic mass is 10.1. The summed E-state index contributed by atoms with van der Waals surface area (Å²) in [5.74, 6) is 0.963. The van der Waals surface area contributed by atoms with E-state index in [4.69, 9.17) is 4.74 Å². The van der Waals surface area contributed by atoms with E-state index in [-0.39, 0.29) is 12.5 Å². The van der Waals surface area contributed by atoms with Crippen molar-refractivity contribution in [2.24, 2.45) is 0 Å². The second-order valence-corrected chi connectivity index (χ2v) is 4.95. The van der Waals surface area contributed by atoms with Gasteiger partial charge in [-0.2, -0.15) is 0 Å². The molecule has 2 aromatic rings. The van der Waals surface area contributed by atoms with Crippen molar-refractivity contribution in [1.82, 2.24) is 4.98 Å². The van der Waals surface area contributed by atoms with Gasteiger partial charge in [-0.05, 0) is 18.6 Å². The van der Waals surface area contributed by atoms with E-state index in [1.54, 1.807) is 18.4 Å². The number of aromatic nitrogens is 1. The molecule has 1 unspecified atom stereocenters. The van der Waals surface area contributed by atoms with Crippen molar-refractivity contribution in [2.75, 3.05) is 13.7 Å². The normalized spacial score (nSPS) is 12.4. The lowest BCUT2D eigenvalue weighted by Gasteiger charge is -2.07. The Kier molecular flexibility index (Phi) is 4.33. The number of hydrogen-bond acceptors (Lipinski definition) is 4. The van der Waals surface area contributed by atoms with Gasteiger partial charge in [0.05, 0.1) is 24.4 Å². The molecule has 0 amide bonds. The number of methoxy groups -OCH3 is 1. The molecule has 0 saturated carbocycles. The van der Waals surface area contributed by atoms with Crippen LogP contribution in [-0.2, 0) is 0 Å². The summed E-state index contributed by atoms with van der Waals surface area (Å²) in [5, 5.41) is 12.3. The maximum absolute atomic E-state index is 9.30. The Morgan fingerprint density at radius 1 is 1.39 bits per heavy atom. The predicted octanol–water partition coefficient (Wildman–Crippen LogP) is 3.30. The smallest absolute Gasteiger partial charge is 0.128 e. The zero-order valence-electron chi connectivity index (χ0n) is 10.6. The highest BCUT2D eigenvalue weighted by atomic mass is 32.1. The molecule has 0 radical (unpaired) electrons. The van der Waals surface area contributed by atoms with Crippen molar-refractivity contribution in [3.8, 4) is 17.0 Å². The number of nitrogens with zero attached hydrogens (tertiary/aromatic N) is 1. The van der Waals surface area contributed by atoms with Gasteiger partial charge in [-0.15, -0.1) is 11.3 Å². The predicted molar refractivity (Wildman–Crippen MR) is 74.2 cm³/mol. The van der Waals surface area contributed by atoms with Crippen LogP contribution in [0, 0.1) is 0 Å². The molecule has 1 aromatic heterocycles. The first kappa shape index (κ1) is 13.1. The molecule has 0 aliphatic heterocycles. The maximum Gasteiger partial charge on any atom is 0.128 e. The Hall–Kier alpha value is -1.39. The van der Waals surface area contributed by atoms with Crippen LogP contribution in [-0.4, -0.2) is 23.8 Å². The third-order valence-electron chi connectivity index (χ3n) is 2.97. The minimum Gasteiger partial charge on any atom is -0.496 e. The minimum absolute atomic E-state index is 0.137. The van der Waals surface area contributed by atoms with Gasteiger partial charge in [0.1, 0.15) is 5.75 Å². The SMILES string of the molecule is CCC(CO)c1nc(-c2ccccc2OC)cs1. The number of ether oxygens (including phenoxy) is 1. The average molecular weight is 263 g/mol. The molecule has 0 spiro atoms. The largest absolute Gasteiger partial charge is 0.496 e. The highest BCUT2D eigenvalue weighted by molar-refractivity contribution is 7.10. The van der Waals surface area contributed by atoms with E-state index >= 15 is 0 Å². The molecule has 18 heavy (non-hydrogen) atoms. The number of rotatable bonds is 5. The van der Waals surface area contributed by atoms with Gasteiger partial charge in [0, 0.05) is 16.9 Å². The number of aliphatic hydroxyl groups excluding tert-OH is 1. The fourth-order valence-corrected chi connectivity index (χ4v) is 2.83. The van der Waals surface area contributed by atoms with Gasteiger partial charge in [-0.25, -0.2) is 4.98 Å². The van der Waals surface area contributed by atoms with Crippen molar-refractivity contribution in [2.45, 2.75) is 19.3 Å². The van der Waals surface area contributed by atoms with Crippen LogP contribution in [0.1, 0.15) is 24.3 Å². The first-order valence-corrected chi connectivity index (χ1v) is 6.87. The van der Waals surface area contributed by atoms with Gasteiger partial charge >= 0.3 is 0 Å². The molecule has 0 saturated heterocycles. The van der Waals surface area contributed by atoms with E-state index in [0.717, 1.165) is 28.4 Å². The maximum atomic E-state index is 9.30. The van der Waals surface area contributed by atoms with Gasteiger partial charge in [-0.1, -0.05) is 19.1 Å². The van der Waals surface area contributed by atoms with E-state index < -0.39 is 0 Å². The fraction of sp³-hybridized carbons (Fsp3) is 0.357. The Morgan fingerprint density at radius 3 is 2.83 bits per heavy atom. The first-order valence-electron chi connectivity index (χ1n) is 5.99. The van der Waals surface area contributed by atoms with E-state index in [1.165, 1.54) is 0 Å². The molecular formula is C14H17NO2S. The number of benzene rings is 1. The summed E-state index contributed by atoms with van der Waals surface area (Å²) in [7, 11) is 1.66. The van der Waals surface area contributed by atoms with Crippen molar-refractivity contribution in [1.29, 1.82) is 0 Å². The average Bonchev–Trinajstić information content (AvgIpc) is 2.89. The fourth-order valence-electron chi connectivity index (χ4n) is 1.84. The molecule has 4 heteroatoms. The number of thiazole rings is 1. The third-order valence-corrected chi connectivity index (χ3v) is 3.97. The van der Waals surface area contributed by atoms with E-state index in [9.17, 15) is 5.11 Å². The van der Waals surface area contributed by atoms with E-state index in [1.807, 2.05) is 29.6 Å². The van der Waals surface area contributed by atoms with Crippen LogP contribution in [0.2, 0.25) is 0 Å². The van der Waals surface area contributed by atoms with Crippen molar-refractivity contribution < 1.29 is 9.84 Å². The minimum atomic E-state index is 0.137. The molecule has 1 atom stereocenters. The molecule has 3 nitrogen and oxygen atoms in total. The van der Waals surface area contributed by atoms with Crippen LogP contribution in [0.3, 0.4) is 0 Å². The molecule has 1 heterocycles. The Balaban J connectivity index is 2.34. The summed E-state index contributed by atoms with van der Waals surface area (Å²) < 4.78 is 5.34. The summed E-state index contributed by atoms with van der Waals surface area (Å²) in [4.78, 5) is 4.61. The Bertz CT molecular complexity index is 506. The molecule has 0 bridgehead atoms. The van der Waals surface area contributed by atoms with Gasteiger partial charge in [-0.3, -0.25) is 0 Å². The number of hydrogen-bond donors (Lipinski definition) is 1. The Labute approximate surface area is 111 Å². The summed E-state index contributed by atoms with van der Waals surface area (Å²) in [6.45, 7) is 2.21. The highest BCUT2D eigenvalue weighted by Gasteiger charge is 2.15. The summed E-state index contributed by atoms with van der Waals surface area (Å²) >= 11 is 1.59. The van der Waals surface area contributed by atoms with E-state index in [0.29, 0.717) is 0 Å². The summed E-state index contributed by atoms with van der Waals surface area (Å²) in [6, 6.07) is 7.84. The van der Waals surface area contributed by atoms with Crippen LogP contribution < -0.4 is 4.74 Å². The molecule has 0 aliphatic rings. The van der Waals surface area contributed by atoms with Crippen LogP contribution in [0.4, 0.5) is 0 Å². The van der Waals surface area contributed by atoms with Crippen molar-refractivity contribution in [3.05, 3.63) is 34.7 Å². The molecule has 0 fully saturated rings. The second kappa shape index (κ2) is 5.98. The van der Waals surface area contributed by atoms with Crippen molar-refractivity contribution in [3.63, 3.8) is 0 Å². The molecule has 1 N–H and O–H groups in total. The first-order chi connectivity index (χ1) is 8.80. The van der Waals surface area contributed by atoms with Gasteiger partial charge in [0.15, 0.2) is 0 Å². The zero-order chi connectivity index (χ0) is 13.0. The standard InChI is InChI=1S/C14H17NO2S/c1-3-10(8-16)14-15-12(9-18-14)11-6-4-5-7-13(11)17-2/h4-7,9-10,16H,3,8H2,1-2H3. The van der Waals surface area contributed by atoms with Crippen LogP contribution in [0.25, 0.3) is 11.3 Å². The highest BCUT2D eigenvalue weighted by Crippen LogP contribution is 2.32. The van der Waals surface area contributed by atoms with Crippen LogP contribution in [0.5, 0.6) is 5.75 Å². The monoisotopic (exact) mass is 263 g/mol. The van der Waals surface area contributed by atoms with Crippen molar-refractivity contribution >= 4 is 11.3 Å². The number of para-hydroxylation sites is 1. The quantitative estimate of drug-likeness (QED) is 0.900. The Morgan fingerprint density at radius 2 is 2.17 bits per heavy atom. The third kappa shape index (κ3) is 2.54. The van der Waals surface area contributed by atoms with E-state index in [2.05, 4.69) is 11.9 Å². The van der Waals surface area contributed by atoms with Gasteiger partial charge in [0.25, 0.3) is 0 Å².